The summed E-state index contributed by atoms with van der Waals surface area (Å²) in [6.07, 6.45) is 6.73. The van der Waals surface area contributed by atoms with E-state index in [-0.39, 0.29) is 40.1 Å². The Kier molecular flexibility index (Phi) is 5.77. The van der Waals surface area contributed by atoms with Crippen molar-refractivity contribution in [2.24, 2.45) is 4.99 Å². The number of hydrogen-bond acceptors (Lipinski definition) is 2. The molecule has 2 heterocycles. The predicted octanol–water partition coefficient (Wildman–Crippen LogP) is 2.11. The summed E-state index contributed by atoms with van der Waals surface area (Å²) in [5, 5.41) is 0. The molecule has 79 valence electrons. The minimum absolute atomic E-state index is 0. The van der Waals surface area contributed by atoms with Crippen LogP contribution in [0.5, 0.6) is 0 Å². The second kappa shape index (κ2) is 5.63. The summed E-state index contributed by atoms with van der Waals surface area (Å²) in [4.78, 5) is 6.71. The molecule has 0 spiro atoms. The molecule has 2 nitrogen and oxygen atoms in total. The van der Waals surface area contributed by atoms with Gasteiger partial charge in [0, 0.05) is 45.7 Å². The van der Waals surface area contributed by atoms with Crippen LogP contribution in [0.4, 0.5) is 0 Å². The quantitative estimate of drug-likeness (QED) is 0.489. The molecule has 2 rings (SSSR count). The topological polar surface area (TPSA) is 15.6 Å². The van der Waals surface area contributed by atoms with E-state index in [0.29, 0.717) is 0 Å². The normalized spacial score (nSPS) is 29.1. The van der Waals surface area contributed by atoms with E-state index < -0.39 is 5.44 Å². The molecule has 0 bridgehead atoms. The summed E-state index contributed by atoms with van der Waals surface area (Å²) in [6, 6.07) is 0. The fraction of sp³-hybridized carbons (Fsp3) is 0.727. The number of fused-ring (bicyclic) bond motifs is 1. The van der Waals surface area contributed by atoms with Crippen LogP contribution in [0.3, 0.4) is 0 Å². The van der Waals surface area contributed by atoms with Gasteiger partial charge in [0.25, 0.3) is 0 Å². The summed E-state index contributed by atoms with van der Waals surface area (Å²) < 4.78 is 0. The van der Waals surface area contributed by atoms with Crippen LogP contribution in [0.2, 0.25) is 0 Å². The number of hydrogen-bond donors (Lipinski definition) is 0. The maximum atomic E-state index is 5.93. The van der Waals surface area contributed by atoms with Gasteiger partial charge in [0.1, 0.15) is 0 Å². The summed E-state index contributed by atoms with van der Waals surface area (Å²) in [7, 11) is 5.93. The van der Waals surface area contributed by atoms with Crippen LogP contribution in [0.15, 0.2) is 10.7 Å². The fourth-order valence-electron chi connectivity index (χ4n) is 2.02. The molecule has 1 fully saturated rings. The molecular formula is C11H18BN2Y-. The van der Waals surface area contributed by atoms with E-state index in [9.17, 15) is 0 Å². The summed E-state index contributed by atoms with van der Waals surface area (Å²) in [5.41, 5.74) is 0.530. The summed E-state index contributed by atoms with van der Waals surface area (Å²) in [6.45, 7) is 5.04. The Morgan fingerprint density at radius 1 is 1.47 bits per heavy atom. The van der Waals surface area contributed by atoms with Gasteiger partial charge in [-0.2, -0.15) is 5.70 Å². The number of piperidine rings is 1. The van der Waals surface area contributed by atoms with Crippen LogP contribution in [-0.4, -0.2) is 30.6 Å². The summed E-state index contributed by atoms with van der Waals surface area (Å²) in [5.74, 6) is 1.15. The van der Waals surface area contributed by atoms with Gasteiger partial charge < -0.3 is 16.0 Å². The van der Waals surface area contributed by atoms with E-state index in [1.54, 1.807) is 0 Å². The van der Waals surface area contributed by atoms with E-state index in [0.717, 1.165) is 24.5 Å². The molecule has 1 atom stereocenters. The second-order valence-corrected chi connectivity index (χ2v) is 3.99. The zero-order valence-corrected chi connectivity index (χ0v) is 11.7. The third kappa shape index (κ3) is 3.42. The minimum Gasteiger partial charge on any atom is -0.456 e. The van der Waals surface area contributed by atoms with E-state index in [2.05, 4.69) is 22.9 Å². The van der Waals surface area contributed by atoms with Crippen LogP contribution in [0.1, 0.15) is 40.5 Å². The largest absolute Gasteiger partial charge is 0.456 e. The SMILES string of the molecule is C.[B]C1(C)[C-]=C(C)N2CCCCC2=N1.[Y]. The Labute approximate surface area is 120 Å². The number of amidine groups is 1. The average Bonchev–Trinajstić information content (AvgIpc) is 2.02. The average molecular weight is 278 g/mol. The van der Waals surface area contributed by atoms with Gasteiger partial charge in [-0.05, 0) is 12.8 Å². The molecule has 1 unspecified atom stereocenters. The standard InChI is InChI=1S/C10H14BN2.CH4.Y/c1-8-7-10(2,11)12-9-5-3-4-6-13(8)9;;/h3-6H2,1-2H3;1H4;/q-1;;. The molecule has 0 aromatic rings. The van der Waals surface area contributed by atoms with Crippen molar-refractivity contribution in [2.75, 3.05) is 6.54 Å². The molecule has 0 N–H and O–H groups in total. The Hall–Kier alpha value is 0.379. The third-order valence-corrected chi connectivity index (χ3v) is 2.54. The second-order valence-electron chi connectivity index (χ2n) is 3.99. The van der Waals surface area contributed by atoms with Gasteiger partial charge >= 0.3 is 0 Å². The van der Waals surface area contributed by atoms with E-state index >= 15 is 0 Å². The molecule has 0 aliphatic carbocycles. The monoisotopic (exact) mass is 278 g/mol. The molecule has 4 heteroatoms. The van der Waals surface area contributed by atoms with Crippen LogP contribution in [0, 0.1) is 6.08 Å². The van der Waals surface area contributed by atoms with Gasteiger partial charge in [0.15, 0.2) is 0 Å². The van der Waals surface area contributed by atoms with E-state index in [1.165, 1.54) is 12.8 Å². The first-order chi connectivity index (χ1) is 6.08. The van der Waals surface area contributed by atoms with Crippen molar-refractivity contribution in [2.45, 2.75) is 46.0 Å². The molecule has 2 aliphatic heterocycles. The molecule has 0 aromatic carbocycles. The zero-order valence-electron chi connectivity index (χ0n) is 8.88. The number of allylic oxidation sites excluding steroid dienone is 1. The molecule has 0 saturated carbocycles. The molecule has 2 aliphatic rings. The van der Waals surface area contributed by atoms with Crippen molar-refractivity contribution >= 4 is 13.7 Å². The molecule has 0 amide bonds. The maximum Gasteiger partial charge on any atom is 0.0975 e. The number of rotatable bonds is 0. The third-order valence-electron chi connectivity index (χ3n) is 2.54. The fourth-order valence-corrected chi connectivity index (χ4v) is 2.02. The van der Waals surface area contributed by atoms with Gasteiger partial charge in [-0.25, -0.2) is 0 Å². The van der Waals surface area contributed by atoms with Crippen molar-refractivity contribution in [1.29, 1.82) is 0 Å². The van der Waals surface area contributed by atoms with Gasteiger partial charge in [-0.15, -0.1) is 5.44 Å². The van der Waals surface area contributed by atoms with Gasteiger partial charge in [0.05, 0.1) is 13.7 Å². The van der Waals surface area contributed by atoms with Crippen LogP contribution < -0.4 is 0 Å². The molecule has 3 radical (unpaired) electrons. The van der Waals surface area contributed by atoms with Gasteiger partial charge in [0.2, 0.25) is 0 Å². The molecular weight excluding hydrogens is 260 g/mol. The van der Waals surface area contributed by atoms with E-state index in [1.807, 2.05) is 6.92 Å². The van der Waals surface area contributed by atoms with Crippen LogP contribution in [-0.2, 0) is 32.7 Å². The Morgan fingerprint density at radius 2 is 2.13 bits per heavy atom. The first-order valence-corrected chi connectivity index (χ1v) is 4.85. The number of nitrogens with zero attached hydrogens (tertiary/aromatic N) is 2. The Morgan fingerprint density at radius 3 is 2.80 bits per heavy atom. The van der Waals surface area contributed by atoms with Crippen molar-refractivity contribution in [1.82, 2.24) is 4.90 Å². The zero-order chi connectivity index (χ0) is 9.47. The van der Waals surface area contributed by atoms with Crippen molar-refractivity contribution < 1.29 is 32.7 Å². The smallest absolute Gasteiger partial charge is 0.0975 e. The van der Waals surface area contributed by atoms with E-state index in [4.69, 9.17) is 7.85 Å². The van der Waals surface area contributed by atoms with Gasteiger partial charge in [-0.3, -0.25) is 0 Å². The van der Waals surface area contributed by atoms with Crippen molar-refractivity contribution in [3.63, 3.8) is 0 Å². The molecule has 15 heavy (non-hydrogen) atoms. The minimum atomic E-state index is -0.604. The Balaban J connectivity index is 0.000000980. The van der Waals surface area contributed by atoms with Crippen LogP contribution >= 0.6 is 0 Å². The first-order valence-electron chi connectivity index (χ1n) is 4.85. The molecule has 1 saturated heterocycles. The van der Waals surface area contributed by atoms with Crippen molar-refractivity contribution in [3.8, 4) is 0 Å². The number of aliphatic imine (C=N–C) groups is 1. The predicted molar refractivity (Wildman–Crippen MR) is 61.3 cm³/mol. The summed E-state index contributed by atoms with van der Waals surface area (Å²) >= 11 is 0. The van der Waals surface area contributed by atoms with Crippen molar-refractivity contribution in [3.05, 3.63) is 11.8 Å². The Bertz CT molecular complexity index is 284. The van der Waals surface area contributed by atoms with Crippen LogP contribution in [0.25, 0.3) is 0 Å². The van der Waals surface area contributed by atoms with Gasteiger partial charge in [-0.1, -0.05) is 21.3 Å². The first kappa shape index (κ1) is 15.4. The maximum absolute atomic E-state index is 5.93. The molecule has 0 aromatic heterocycles.